The summed E-state index contributed by atoms with van der Waals surface area (Å²) < 4.78 is 16.6. The second-order valence-corrected chi connectivity index (χ2v) is 4.24. The Bertz CT molecular complexity index is 263. The van der Waals surface area contributed by atoms with Crippen molar-refractivity contribution in [2.75, 3.05) is 6.61 Å². The van der Waals surface area contributed by atoms with Crippen LogP contribution in [0, 0.1) is 5.92 Å². The minimum absolute atomic E-state index is 0.00856. The first-order valence-electron chi connectivity index (χ1n) is 5.26. The second kappa shape index (κ2) is 2.94. The van der Waals surface area contributed by atoms with E-state index in [9.17, 15) is 4.79 Å². The van der Waals surface area contributed by atoms with Crippen LogP contribution in [0.25, 0.3) is 0 Å². The van der Waals surface area contributed by atoms with Crippen LogP contribution in [0.1, 0.15) is 19.8 Å². The summed E-state index contributed by atoms with van der Waals surface area (Å²) in [6.45, 7) is 2.57. The monoisotopic (exact) mass is 198 g/mol. The Morgan fingerprint density at radius 2 is 2.36 bits per heavy atom. The van der Waals surface area contributed by atoms with Gasteiger partial charge in [-0.1, -0.05) is 6.92 Å². The van der Waals surface area contributed by atoms with Crippen LogP contribution in [0.5, 0.6) is 0 Å². The molecule has 0 spiro atoms. The van der Waals surface area contributed by atoms with Crippen molar-refractivity contribution >= 4 is 5.97 Å². The van der Waals surface area contributed by atoms with Crippen molar-refractivity contribution in [1.29, 1.82) is 0 Å². The predicted molar refractivity (Wildman–Crippen MR) is 46.7 cm³/mol. The smallest absolute Gasteiger partial charge is 0.305 e. The van der Waals surface area contributed by atoms with Gasteiger partial charge in [0.25, 0.3) is 0 Å². The SMILES string of the molecule is CCC(=O)OC1C2CC3COC1C3O2. The third-order valence-electron chi connectivity index (χ3n) is 3.40. The largest absolute Gasteiger partial charge is 0.457 e. The van der Waals surface area contributed by atoms with E-state index in [1.54, 1.807) is 6.92 Å². The summed E-state index contributed by atoms with van der Waals surface area (Å²) in [4.78, 5) is 11.2. The van der Waals surface area contributed by atoms with Gasteiger partial charge >= 0.3 is 5.97 Å². The van der Waals surface area contributed by atoms with Gasteiger partial charge in [0.2, 0.25) is 0 Å². The Kier molecular flexibility index (Phi) is 1.82. The zero-order valence-electron chi connectivity index (χ0n) is 8.14. The Hall–Kier alpha value is -0.610. The maximum absolute atomic E-state index is 11.2. The van der Waals surface area contributed by atoms with E-state index in [1.165, 1.54) is 0 Å². The molecule has 0 aromatic rings. The zero-order chi connectivity index (χ0) is 9.71. The molecule has 4 heteroatoms. The Morgan fingerprint density at radius 3 is 3.14 bits per heavy atom. The van der Waals surface area contributed by atoms with E-state index in [2.05, 4.69) is 0 Å². The molecule has 14 heavy (non-hydrogen) atoms. The van der Waals surface area contributed by atoms with Crippen LogP contribution in [-0.2, 0) is 19.0 Å². The molecule has 3 aliphatic rings. The fraction of sp³-hybridized carbons (Fsp3) is 0.900. The van der Waals surface area contributed by atoms with Crippen LogP contribution in [0.15, 0.2) is 0 Å². The Morgan fingerprint density at radius 1 is 1.50 bits per heavy atom. The topological polar surface area (TPSA) is 44.8 Å². The molecule has 4 nitrogen and oxygen atoms in total. The number of rotatable bonds is 2. The third kappa shape index (κ3) is 1.04. The van der Waals surface area contributed by atoms with Crippen molar-refractivity contribution in [3.63, 3.8) is 0 Å². The molecule has 78 valence electrons. The number of ether oxygens (including phenoxy) is 3. The van der Waals surface area contributed by atoms with Gasteiger partial charge in [-0.3, -0.25) is 4.79 Å². The summed E-state index contributed by atoms with van der Waals surface area (Å²) in [6.07, 6.45) is 1.55. The highest BCUT2D eigenvalue weighted by Gasteiger charge is 2.60. The van der Waals surface area contributed by atoms with E-state index < -0.39 is 0 Å². The lowest BCUT2D eigenvalue weighted by Crippen LogP contribution is -2.39. The van der Waals surface area contributed by atoms with Gasteiger partial charge in [0, 0.05) is 12.3 Å². The van der Waals surface area contributed by atoms with Gasteiger partial charge < -0.3 is 14.2 Å². The lowest BCUT2D eigenvalue weighted by Gasteiger charge is -2.22. The summed E-state index contributed by atoms with van der Waals surface area (Å²) in [5, 5.41) is 0. The molecule has 0 aliphatic carbocycles. The first-order valence-corrected chi connectivity index (χ1v) is 5.26. The number of esters is 1. The van der Waals surface area contributed by atoms with E-state index in [0.29, 0.717) is 12.3 Å². The van der Waals surface area contributed by atoms with Crippen LogP contribution in [-0.4, -0.2) is 37.0 Å². The number of carbonyl (C=O) groups excluding carboxylic acids is 1. The van der Waals surface area contributed by atoms with Gasteiger partial charge in [0.1, 0.15) is 6.10 Å². The molecule has 0 aromatic carbocycles. The molecule has 3 rings (SSSR count). The predicted octanol–water partition coefficient (Wildman–Crippen LogP) is 0.494. The van der Waals surface area contributed by atoms with Crippen molar-refractivity contribution in [3.05, 3.63) is 0 Å². The molecule has 0 N–H and O–H groups in total. The number of hydrogen-bond donors (Lipinski definition) is 0. The molecule has 3 saturated heterocycles. The van der Waals surface area contributed by atoms with Crippen LogP contribution in [0.4, 0.5) is 0 Å². The van der Waals surface area contributed by atoms with Gasteiger partial charge in [-0.15, -0.1) is 0 Å². The minimum atomic E-state index is -0.154. The minimum Gasteiger partial charge on any atom is -0.457 e. The van der Waals surface area contributed by atoms with E-state index in [0.717, 1.165) is 13.0 Å². The maximum Gasteiger partial charge on any atom is 0.305 e. The van der Waals surface area contributed by atoms with Crippen molar-refractivity contribution in [2.24, 2.45) is 5.92 Å². The molecule has 3 heterocycles. The summed E-state index contributed by atoms with van der Waals surface area (Å²) >= 11 is 0. The first kappa shape index (κ1) is 8.68. The second-order valence-electron chi connectivity index (χ2n) is 4.24. The van der Waals surface area contributed by atoms with Crippen LogP contribution in [0.3, 0.4) is 0 Å². The average molecular weight is 198 g/mol. The highest BCUT2D eigenvalue weighted by molar-refractivity contribution is 5.69. The highest BCUT2D eigenvalue weighted by Crippen LogP contribution is 2.46. The average Bonchev–Trinajstić information content (AvgIpc) is 2.76. The molecule has 3 fully saturated rings. The normalized spacial score (nSPS) is 48.5. The first-order chi connectivity index (χ1) is 6.79. The molecule has 5 atom stereocenters. The molecule has 0 aromatic heterocycles. The summed E-state index contributed by atoms with van der Waals surface area (Å²) in [6, 6.07) is 0. The molecule has 5 unspecified atom stereocenters. The number of hydrogen-bond acceptors (Lipinski definition) is 4. The summed E-state index contributed by atoms with van der Waals surface area (Å²) in [5.41, 5.74) is 0. The lowest BCUT2D eigenvalue weighted by molar-refractivity contribution is -0.155. The number of fused-ring (bicyclic) bond motifs is 1. The van der Waals surface area contributed by atoms with E-state index in [4.69, 9.17) is 14.2 Å². The quantitative estimate of drug-likeness (QED) is 0.606. The summed E-state index contributed by atoms with van der Waals surface area (Å²) in [7, 11) is 0. The lowest BCUT2D eigenvalue weighted by atomic mass is 9.88. The molecule has 3 aliphatic heterocycles. The van der Waals surface area contributed by atoms with Crippen LogP contribution < -0.4 is 0 Å². The molecular weight excluding hydrogens is 184 g/mol. The van der Waals surface area contributed by atoms with Crippen molar-refractivity contribution in [2.45, 2.75) is 44.2 Å². The van der Waals surface area contributed by atoms with Gasteiger partial charge in [-0.25, -0.2) is 0 Å². The fourth-order valence-corrected chi connectivity index (χ4v) is 2.72. The molecule has 0 amide bonds. The van der Waals surface area contributed by atoms with Crippen molar-refractivity contribution in [1.82, 2.24) is 0 Å². The van der Waals surface area contributed by atoms with Crippen LogP contribution in [0.2, 0.25) is 0 Å². The third-order valence-corrected chi connectivity index (χ3v) is 3.40. The number of carbonyl (C=O) groups is 1. The Labute approximate surface area is 82.5 Å². The Balaban J connectivity index is 1.73. The molecule has 0 saturated carbocycles. The van der Waals surface area contributed by atoms with E-state index in [1.807, 2.05) is 0 Å². The van der Waals surface area contributed by atoms with Crippen LogP contribution >= 0.6 is 0 Å². The summed E-state index contributed by atoms with van der Waals surface area (Å²) in [5.74, 6) is 0.389. The van der Waals surface area contributed by atoms with Crippen molar-refractivity contribution < 1.29 is 19.0 Å². The maximum atomic E-state index is 11.2. The molecule has 0 radical (unpaired) electrons. The zero-order valence-corrected chi connectivity index (χ0v) is 8.14. The van der Waals surface area contributed by atoms with E-state index in [-0.39, 0.29) is 30.4 Å². The van der Waals surface area contributed by atoms with E-state index >= 15 is 0 Å². The van der Waals surface area contributed by atoms with Gasteiger partial charge in [-0.05, 0) is 6.42 Å². The van der Waals surface area contributed by atoms with Crippen molar-refractivity contribution in [3.8, 4) is 0 Å². The standard InChI is InChI=1S/C10H14O4/c1-2-7(11)14-9-6-3-5-4-12-10(9)8(5)13-6/h5-6,8-10H,2-4H2,1H3. The molecule has 2 bridgehead atoms. The molecular formula is C10H14O4. The highest BCUT2D eigenvalue weighted by atomic mass is 16.6. The fourth-order valence-electron chi connectivity index (χ4n) is 2.72. The van der Waals surface area contributed by atoms with Gasteiger partial charge in [0.05, 0.1) is 18.8 Å². The van der Waals surface area contributed by atoms with Gasteiger partial charge in [0.15, 0.2) is 6.10 Å². The van der Waals surface area contributed by atoms with Gasteiger partial charge in [-0.2, -0.15) is 0 Å².